The molecule has 0 amide bonds. The molecular weight excluding hydrogens is 396 g/mol. The molecule has 0 saturated heterocycles. The molecule has 4 rings (SSSR count). The Kier molecular flexibility index (Phi) is 5.70. The van der Waals surface area contributed by atoms with E-state index in [4.69, 9.17) is 4.74 Å². The van der Waals surface area contributed by atoms with Gasteiger partial charge in [-0.2, -0.15) is 0 Å². The predicted octanol–water partition coefficient (Wildman–Crippen LogP) is 3.13. The van der Waals surface area contributed by atoms with E-state index in [1.165, 1.54) is 0 Å². The van der Waals surface area contributed by atoms with Gasteiger partial charge in [-0.25, -0.2) is 0 Å². The topological polar surface area (TPSA) is 101 Å². The molecular formula is C25H36O6. The minimum atomic E-state index is -1.37. The molecule has 0 aromatic carbocycles. The van der Waals surface area contributed by atoms with Crippen LogP contribution in [0.3, 0.4) is 0 Å². The molecule has 0 spiro atoms. The van der Waals surface area contributed by atoms with Crippen molar-refractivity contribution in [2.45, 2.75) is 90.3 Å². The third kappa shape index (κ3) is 3.16. The number of hydrogen-bond donors (Lipinski definition) is 2. The number of aliphatic hydroxyl groups excluding tert-OH is 2. The predicted molar refractivity (Wildman–Crippen MR) is 114 cm³/mol. The first-order valence-corrected chi connectivity index (χ1v) is 11.9. The Labute approximate surface area is 184 Å². The maximum absolute atomic E-state index is 13.1. The van der Waals surface area contributed by atoms with Crippen LogP contribution >= 0.6 is 0 Å². The van der Waals surface area contributed by atoms with E-state index in [1.54, 1.807) is 6.08 Å². The zero-order valence-electron chi connectivity index (χ0n) is 19.0. The van der Waals surface area contributed by atoms with E-state index in [-0.39, 0.29) is 35.4 Å². The van der Waals surface area contributed by atoms with E-state index >= 15 is 0 Å². The summed E-state index contributed by atoms with van der Waals surface area (Å²) in [4.78, 5) is 37.6. The molecule has 3 fully saturated rings. The van der Waals surface area contributed by atoms with Crippen LogP contribution in [-0.2, 0) is 19.1 Å². The van der Waals surface area contributed by atoms with Crippen LogP contribution in [0, 0.1) is 28.6 Å². The van der Waals surface area contributed by atoms with Crippen molar-refractivity contribution in [2.24, 2.45) is 28.6 Å². The van der Waals surface area contributed by atoms with Gasteiger partial charge >= 0.3 is 5.97 Å². The fourth-order valence-corrected chi connectivity index (χ4v) is 7.94. The van der Waals surface area contributed by atoms with Crippen molar-refractivity contribution in [3.05, 3.63) is 11.6 Å². The van der Waals surface area contributed by atoms with Crippen molar-refractivity contribution in [3.8, 4) is 0 Å². The molecule has 4 aliphatic rings. The maximum Gasteiger partial charge on any atom is 0.306 e. The minimum Gasteiger partial charge on any atom is -0.450 e. The summed E-state index contributed by atoms with van der Waals surface area (Å²) in [5.41, 5.74) is -1.12. The van der Waals surface area contributed by atoms with Crippen LogP contribution < -0.4 is 0 Å². The number of ketones is 2. The van der Waals surface area contributed by atoms with Gasteiger partial charge in [-0.05, 0) is 74.2 Å². The summed E-state index contributed by atoms with van der Waals surface area (Å²) in [5, 5.41) is 21.3. The van der Waals surface area contributed by atoms with Crippen molar-refractivity contribution in [1.29, 1.82) is 0 Å². The molecule has 0 aliphatic heterocycles. The molecule has 2 N–H and O–H groups in total. The molecule has 4 aliphatic carbocycles. The molecule has 7 atom stereocenters. The molecule has 31 heavy (non-hydrogen) atoms. The zero-order chi connectivity index (χ0) is 22.6. The van der Waals surface area contributed by atoms with Gasteiger partial charge in [0.2, 0.25) is 5.78 Å². The van der Waals surface area contributed by atoms with Gasteiger partial charge in [-0.15, -0.1) is 0 Å². The highest BCUT2D eigenvalue weighted by atomic mass is 16.6. The largest absolute Gasteiger partial charge is 0.450 e. The van der Waals surface area contributed by atoms with E-state index in [1.807, 2.05) is 13.8 Å². The average molecular weight is 433 g/mol. The van der Waals surface area contributed by atoms with Gasteiger partial charge in [0.05, 0.1) is 6.10 Å². The lowest BCUT2D eigenvalue weighted by Crippen LogP contribution is -2.63. The molecule has 0 unspecified atom stereocenters. The van der Waals surface area contributed by atoms with Crippen LogP contribution in [0.1, 0.15) is 78.6 Å². The Balaban J connectivity index is 1.73. The first-order valence-electron chi connectivity index (χ1n) is 11.9. The highest BCUT2D eigenvalue weighted by Gasteiger charge is 2.70. The monoisotopic (exact) mass is 432 g/mol. The summed E-state index contributed by atoms with van der Waals surface area (Å²) in [6.07, 6.45) is 6.48. The summed E-state index contributed by atoms with van der Waals surface area (Å²) in [5.74, 6) is -0.320. The summed E-state index contributed by atoms with van der Waals surface area (Å²) in [7, 11) is 0. The van der Waals surface area contributed by atoms with Crippen molar-refractivity contribution >= 4 is 17.5 Å². The summed E-state index contributed by atoms with van der Waals surface area (Å²) in [6.45, 7) is 5.39. The Hall–Kier alpha value is -1.53. The fraction of sp³-hybridized carbons (Fsp3) is 0.800. The number of hydrogen-bond acceptors (Lipinski definition) is 6. The second kappa shape index (κ2) is 7.80. The number of carbonyl (C=O) groups is 3. The van der Waals surface area contributed by atoms with Crippen molar-refractivity contribution in [3.63, 3.8) is 0 Å². The number of esters is 1. The first kappa shape index (κ1) is 22.7. The lowest BCUT2D eigenvalue weighted by atomic mass is 9.45. The molecule has 0 bridgehead atoms. The fourth-order valence-electron chi connectivity index (χ4n) is 7.94. The van der Waals surface area contributed by atoms with Crippen LogP contribution in [-0.4, -0.2) is 46.1 Å². The molecule has 3 saturated carbocycles. The van der Waals surface area contributed by atoms with Crippen LogP contribution in [0.2, 0.25) is 0 Å². The van der Waals surface area contributed by atoms with E-state index in [2.05, 4.69) is 6.92 Å². The zero-order valence-corrected chi connectivity index (χ0v) is 19.0. The normalized spacial score (nSPS) is 44.0. The van der Waals surface area contributed by atoms with E-state index < -0.39 is 35.5 Å². The van der Waals surface area contributed by atoms with Crippen molar-refractivity contribution < 1.29 is 29.3 Å². The van der Waals surface area contributed by atoms with Gasteiger partial charge in [0, 0.05) is 18.3 Å². The second-order valence-corrected chi connectivity index (χ2v) is 10.7. The Morgan fingerprint density at radius 2 is 1.94 bits per heavy atom. The van der Waals surface area contributed by atoms with E-state index in [0.29, 0.717) is 25.7 Å². The Morgan fingerprint density at radius 1 is 1.19 bits per heavy atom. The third-order valence-electron chi connectivity index (χ3n) is 9.35. The van der Waals surface area contributed by atoms with Crippen LogP contribution in [0.4, 0.5) is 0 Å². The number of fused-ring (bicyclic) bond motifs is 5. The number of rotatable bonds is 5. The quantitative estimate of drug-likeness (QED) is 0.648. The summed E-state index contributed by atoms with van der Waals surface area (Å²) < 4.78 is 5.92. The highest BCUT2D eigenvalue weighted by molar-refractivity contribution is 5.92. The standard InChI is InChI=1S/C25H36O6/c1-4-5-21(30)31-25(20(29)14-26)11-9-18-17-7-6-15-12-16(27)8-10-23(15,2)22(17)19(28)13-24(18,25)3/h12,17-19,22,26,28H,4-11,13-14H2,1-3H3/t17-,18-,19-,22+,23-,24-,25+/m0/s1. The molecule has 0 heterocycles. The van der Waals surface area contributed by atoms with E-state index in [9.17, 15) is 24.6 Å². The van der Waals surface area contributed by atoms with Gasteiger partial charge in [-0.1, -0.05) is 26.3 Å². The van der Waals surface area contributed by atoms with Crippen molar-refractivity contribution in [1.82, 2.24) is 0 Å². The number of allylic oxidation sites excluding steroid dienone is 1. The average Bonchev–Trinajstić information content (AvgIpc) is 3.00. The molecule has 0 radical (unpaired) electrons. The van der Waals surface area contributed by atoms with E-state index in [0.717, 1.165) is 31.3 Å². The van der Waals surface area contributed by atoms with Crippen LogP contribution in [0.5, 0.6) is 0 Å². The highest BCUT2D eigenvalue weighted by Crippen LogP contribution is 2.68. The van der Waals surface area contributed by atoms with Gasteiger partial charge in [0.1, 0.15) is 6.61 Å². The third-order valence-corrected chi connectivity index (χ3v) is 9.35. The van der Waals surface area contributed by atoms with Gasteiger partial charge in [0.15, 0.2) is 11.4 Å². The van der Waals surface area contributed by atoms with Crippen LogP contribution in [0.15, 0.2) is 11.6 Å². The van der Waals surface area contributed by atoms with Gasteiger partial charge < -0.3 is 14.9 Å². The first-order chi connectivity index (χ1) is 14.6. The minimum absolute atomic E-state index is 0.0325. The number of Topliss-reactive ketones (excluding diaryl/α,β-unsaturated/α-hetero) is 1. The smallest absolute Gasteiger partial charge is 0.306 e. The summed E-state index contributed by atoms with van der Waals surface area (Å²) in [6, 6.07) is 0. The molecule has 0 aromatic rings. The van der Waals surface area contributed by atoms with Crippen molar-refractivity contribution in [2.75, 3.05) is 6.61 Å². The van der Waals surface area contributed by atoms with Gasteiger partial charge in [-0.3, -0.25) is 14.4 Å². The molecule has 6 heteroatoms. The number of aliphatic hydroxyl groups is 2. The molecule has 6 nitrogen and oxygen atoms in total. The lowest BCUT2D eigenvalue weighted by Gasteiger charge is -2.60. The Bertz CT molecular complexity index is 817. The number of carbonyl (C=O) groups excluding carboxylic acids is 3. The SMILES string of the molecule is CCCC(=O)O[C@@]1(C(=O)CO)CC[C@H]2[C@@H]3CCC4=CC(=O)CC[C@]4(C)[C@H]3[C@@H](O)C[C@@]21C. The lowest BCUT2D eigenvalue weighted by molar-refractivity contribution is -0.202. The molecule has 172 valence electrons. The molecule has 0 aromatic heterocycles. The van der Waals surface area contributed by atoms with Crippen LogP contribution in [0.25, 0.3) is 0 Å². The van der Waals surface area contributed by atoms with Gasteiger partial charge in [0.25, 0.3) is 0 Å². The Morgan fingerprint density at radius 3 is 2.61 bits per heavy atom. The number of ether oxygens (including phenoxy) is 1. The summed E-state index contributed by atoms with van der Waals surface area (Å²) >= 11 is 0. The maximum atomic E-state index is 13.1. The second-order valence-electron chi connectivity index (χ2n) is 10.7.